The maximum atomic E-state index is 12.8. The minimum absolute atomic E-state index is 0.0976. The van der Waals surface area contributed by atoms with Crippen LogP contribution >= 0.6 is 0 Å². The number of amides is 3. The Kier molecular flexibility index (Phi) is 6.47. The van der Waals surface area contributed by atoms with Crippen LogP contribution in [0.5, 0.6) is 0 Å². The highest BCUT2D eigenvalue weighted by molar-refractivity contribution is 6.19. The maximum absolute atomic E-state index is 12.8. The molecule has 0 aliphatic carbocycles. The van der Waals surface area contributed by atoms with Crippen molar-refractivity contribution in [2.24, 2.45) is 5.92 Å². The largest absolute Gasteiger partial charge is 0.345 e. The zero-order valence-electron chi connectivity index (χ0n) is 17.3. The summed E-state index contributed by atoms with van der Waals surface area (Å²) in [5.74, 6) is -0.334. The third-order valence-corrected chi connectivity index (χ3v) is 5.27. The summed E-state index contributed by atoms with van der Waals surface area (Å²) in [6.45, 7) is 6.32. The topological polar surface area (TPSA) is 66.5 Å². The number of benzene rings is 2. The highest BCUT2D eigenvalue weighted by atomic mass is 16.2. The summed E-state index contributed by atoms with van der Waals surface area (Å²) in [7, 11) is 0. The number of aryl methyl sites for hydroxylation is 1. The molecule has 1 unspecified atom stereocenters. The molecule has 3 rings (SSSR count). The van der Waals surface area contributed by atoms with Gasteiger partial charge in [0.2, 0.25) is 11.8 Å². The molecule has 0 aromatic heterocycles. The highest BCUT2D eigenvalue weighted by Gasteiger charge is 2.30. The van der Waals surface area contributed by atoms with Gasteiger partial charge in [0.25, 0.3) is 5.91 Å². The Balaban J connectivity index is 1.73. The lowest BCUT2D eigenvalue weighted by Gasteiger charge is -2.23. The van der Waals surface area contributed by atoms with Gasteiger partial charge < -0.3 is 5.32 Å². The molecule has 0 radical (unpaired) electrons. The van der Waals surface area contributed by atoms with E-state index in [1.807, 2.05) is 0 Å². The monoisotopic (exact) mass is 392 g/mol. The molecule has 1 saturated heterocycles. The number of carbonyl (C=O) groups is 3. The van der Waals surface area contributed by atoms with Crippen LogP contribution in [0.25, 0.3) is 0 Å². The molecule has 3 amide bonds. The Labute approximate surface area is 172 Å². The van der Waals surface area contributed by atoms with E-state index in [9.17, 15) is 14.4 Å². The molecule has 1 atom stereocenters. The Morgan fingerprint density at radius 2 is 1.55 bits per heavy atom. The summed E-state index contributed by atoms with van der Waals surface area (Å²) in [5.41, 5.74) is 3.40. The average Bonchev–Trinajstić information content (AvgIpc) is 3.05. The summed E-state index contributed by atoms with van der Waals surface area (Å²) >= 11 is 0. The van der Waals surface area contributed by atoms with Crippen molar-refractivity contribution in [2.45, 2.75) is 52.5 Å². The summed E-state index contributed by atoms with van der Waals surface area (Å²) < 4.78 is 0. The predicted octanol–water partition coefficient (Wildman–Crippen LogP) is 4.42. The SMILES string of the molecule is CCCc1ccc(C(NC(=O)c2ccc(N3C(=O)CCC3=O)cc2)C(C)C)cc1. The van der Waals surface area contributed by atoms with E-state index in [2.05, 4.69) is 50.4 Å². The number of carbonyl (C=O) groups excluding carboxylic acids is 3. The molecule has 0 bridgehead atoms. The average molecular weight is 392 g/mol. The maximum Gasteiger partial charge on any atom is 0.251 e. The summed E-state index contributed by atoms with van der Waals surface area (Å²) in [6.07, 6.45) is 2.64. The van der Waals surface area contributed by atoms with Crippen molar-refractivity contribution in [3.8, 4) is 0 Å². The lowest BCUT2D eigenvalue weighted by molar-refractivity contribution is -0.121. The lowest BCUT2D eigenvalue weighted by atomic mass is 9.94. The fraction of sp³-hybridized carbons (Fsp3) is 0.375. The van der Waals surface area contributed by atoms with Crippen LogP contribution in [0.1, 0.15) is 67.6 Å². The van der Waals surface area contributed by atoms with Crippen LogP contribution in [0, 0.1) is 5.92 Å². The standard InChI is InChI=1S/C24H28N2O3/c1-4-5-17-6-8-18(9-7-17)23(16(2)3)25-24(29)19-10-12-20(13-11-19)26-21(27)14-15-22(26)28/h6-13,16,23H,4-5,14-15H2,1-3H3,(H,25,29). The molecule has 2 aromatic carbocycles. The van der Waals surface area contributed by atoms with Crippen molar-refractivity contribution in [3.05, 3.63) is 65.2 Å². The molecule has 1 aliphatic rings. The summed E-state index contributed by atoms with van der Waals surface area (Å²) in [4.78, 5) is 37.7. The van der Waals surface area contributed by atoms with Crippen molar-refractivity contribution >= 4 is 23.4 Å². The first kappa shape index (κ1) is 20.8. The zero-order valence-corrected chi connectivity index (χ0v) is 17.3. The number of anilines is 1. The van der Waals surface area contributed by atoms with Gasteiger partial charge in [-0.05, 0) is 47.7 Å². The fourth-order valence-electron chi connectivity index (χ4n) is 3.67. The van der Waals surface area contributed by atoms with Crippen molar-refractivity contribution in [3.63, 3.8) is 0 Å². The molecule has 0 spiro atoms. The quantitative estimate of drug-likeness (QED) is 0.710. The van der Waals surface area contributed by atoms with Crippen LogP contribution in [0.15, 0.2) is 48.5 Å². The number of imide groups is 1. The molecule has 1 N–H and O–H groups in total. The minimum atomic E-state index is -0.196. The normalized spacial score (nSPS) is 15.1. The van der Waals surface area contributed by atoms with E-state index in [0.717, 1.165) is 18.4 Å². The van der Waals surface area contributed by atoms with Gasteiger partial charge in [-0.25, -0.2) is 0 Å². The molecule has 1 heterocycles. The smallest absolute Gasteiger partial charge is 0.251 e. The zero-order chi connectivity index (χ0) is 21.0. The number of hydrogen-bond acceptors (Lipinski definition) is 3. The van der Waals surface area contributed by atoms with Gasteiger partial charge in [0, 0.05) is 18.4 Å². The van der Waals surface area contributed by atoms with Gasteiger partial charge >= 0.3 is 0 Å². The molecule has 1 fully saturated rings. The van der Waals surface area contributed by atoms with E-state index in [4.69, 9.17) is 0 Å². The van der Waals surface area contributed by atoms with Crippen molar-refractivity contribution < 1.29 is 14.4 Å². The number of nitrogens with one attached hydrogen (secondary N) is 1. The molecule has 5 heteroatoms. The van der Waals surface area contributed by atoms with Gasteiger partial charge in [-0.2, -0.15) is 0 Å². The Hall–Kier alpha value is -2.95. The van der Waals surface area contributed by atoms with Crippen molar-refractivity contribution in [1.29, 1.82) is 0 Å². The molecule has 0 saturated carbocycles. The molecular formula is C24H28N2O3. The number of hydrogen-bond donors (Lipinski definition) is 1. The van der Waals surface area contributed by atoms with Crippen molar-refractivity contribution in [1.82, 2.24) is 5.32 Å². The van der Waals surface area contributed by atoms with Crippen molar-refractivity contribution in [2.75, 3.05) is 4.90 Å². The second kappa shape index (κ2) is 9.03. The van der Waals surface area contributed by atoms with Crippen LogP contribution in [-0.2, 0) is 16.0 Å². The van der Waals surface area contributed by atoms with E-state index in [0.29, 0.717) is 11.3 Å². The minimum Gasteiger partial charge on any atom is -0.345 e. The van der Waals surface area contributed by atoms with Gasteiger partial charge in [-0.1, -0.05) is 51.5 Å². The first-order valence-corrected chi connectivity index (χ1v) is 10.3. The molecule has 2 aromatic rings. The third-order valence-electron chi connectivity index (χ3n) is 5.27. The second-order valence-electron chi connectivity index (χ2n) is 7.86. The number of rotatable bonds is 7. The Morgan fingerprint density at radius 3 is 2.07 bits per heavy atom. The van der Waals surface area contributed by atoms with E-state index in [1.54, 1.807) is 24.3 Å². The summed E-state index contributed by atoms with van der Waals surface area (Å²) in [6, 6.07) is 14.9. The van der Waals surface area contributed by atoms with Gasteiger partial charge in [-0.3, -0.25) is 19.3 Å². The molecular weight excluding hydrogens is 364 g/mol. The van der Waals surface area contributed by atoms with Gasteiger partial charge in [-0.15, -0.1) is 0 Å². The Bertz CT molecular complexity index is 869. The Morgan fingerprint density at radius 1 is 0.966 bits per heavy atom. The molecule has 152 valence electrons. The fourth-order valence-corrected chi connectivity index (χ4v) is 3.67. The van der Waals surface area contributed by atoms with Crippen LogP contribution < -0.4 is 10.2 Å². The predicted molar refractivity (Wildman–Crippen MR) is 114 cm³/mol. The van der Waals surface area contributed by atoms with Gasteiger partial charge in [0.1, 0.15) is 0 Å². The molecule has 29 heavy (non-hydrogen) atoms. The van der Waals surface area contributed by atoms with Crippen LogP contribution in [0.2, 0.25) is 0 Å². The van der Waals surface area contributed by atoms with Crippen LogP contribution in [0.4, 0.5) is 5.69 Å². The lowest BCUT2D eigenvalue weighted by Crippen LogP contribution is -2.32. The van der Waals surface area contributed by atoms with E-state index >= 15 is 0 Å². The van der Waals surface area contributed by atoms with Crippen LogP contribution in [-0.4, -0.2) is 17.7 Å². The first-order chi connectivity index (χ1) is 13.9. The van der Waals surface area contributed by atoms with Crippen LogP contribution in [0.3, 0.4) is 0 Å². The highest BCUT2D eigenvalue weighted by Crippen LogP contribution is 2.25. The second-order valence-corrected chi connectivity index (χ2v) is 7.86. The van der Waals surface area contributed by atoms with E-state index in [1.165, 1.54) is 10.5 Å². The first-order valence-electron chi connectivity index (χ1n) is 10.3. The van der Waals surface area contributed by atoms with E-state index < -0.39 is 0 Å². The van der Waals surface area contributed by atoms with E-state index in [-0.39, 0.29) is 42.5 Å². The molecule has 1 aliphatic heterocycles. The summed E-state index contributed by atoms with van der Waals surface area (Å²) in [5, 5.41) is 3.12. The third kappa shape index (κ3) is 4.73. The molecule has 5 nitrogen and oxygen atoms in total. The van der Waals surface area contributed by atoms with Gasteiger partial charge in [0.15, 0.2) is 0 Å². The van der Waals surface area contributed by atoms with Gasteiger partial charge in [0.05, 0.1) is 11.7 Å². The number of nitrogens with zero attached hydrogens (tertiary/aromatic N) is 1.